The number of fused-ring (bicyclic) bond motifs is 2. The molecule has 1 aromatic carbocycles. The van der Waals surface area contributed by atoms with Gasteiger partial charge in [-0.15, -0.1) is 0 Å². The number of morpholine rings is 1. The summed E-state index contributed by atoms with van der Waals surface area (Å²) in [6.45, 7) is 11.6. The third-order valence-electron chi connectivity index (χ3n) is 7.95. The quantitative estimate of drug-likeness (QED) is 0.565. The number of benzene rings is 1. The summed E-state index contributed by atoms with van der Waals surface area (Å²) in [5.74, 6) is 1.83. The average molecular weight is 440 g/mol. The normalized spacial score (nSPS) is 31.9. The van der Waals surface area contributed by atoms with E-state index in [0.717, 1.165) is 57.8 Å². The Bertz CT molecular complexity index is 756. The molecule has 5 rings (SSSR count). The van der Waals surface area contributed by atoms with Gasteiger partial charge < -0.3 is 15.0 Å². The molecule has 4 aliphatic heterocycles. The van der Waals surface area contributed by atoms with Crippen LogP contribution in [0.3, 0.4) is 0 Å². The highest BCUT2D eigenvalue weighted by Crippen LogP contribution is 2.32. The highest BCUT2D eigenvalue weighted by Gasteiger charge is 2.37. The monoisotopic (exact) mass is 439 g/mol. The number of piperidine rings is 2. The van der Waals surface area contributed by atoms with Gasteiger partial charge in [-0.05, 0) is 63.6 Å². The standard InChI is InChI=1S/C26H41N5O/c1-2-27-26(28-16-24-19-29-13-7-11-23(29)20-32-24)31-15-12-25-22(18-31)10-6-14-30(25)17-21-8-4-3-5-9-21/h3-5,8-9,22-25H,2,6-7,10-20H2,1H3,(H,27,28). The molecule has 1 N–H and O–H groups in total. The van der Waals surface area contributed by atoms with Crippen molar-refractivity contribution in [1.82, 2.24) is 20.0 Å². The number of likely N-dealkylation sites (tertiary alicyclic amines) is 2. The number of nitrogens with zero attached hydrogens (tertiary/aromatic N) is 4. The molecule has 0 amide bonds. The molecule has 1 aromatic rings. The number of aliphatic imine (C=N–C) groups is 1. The summed E-state index contributed by atoms with van der Waals surface area (Å²) < 4.78 is 6.16. The van der Waals surface area contributed by atoms with Gasteiger partial charge in [0, 0.05) is 44.8 Å². The van der Waals surface area contributed by atoms with Crippen molar-refractivity contribution in [2.45, 2.75) is 63.8 Å². The van der Waals surface area contributed by atoms with Gasteiger partial charge in [-0.25, -0.2) is 0 Å². The number of guanidine groups is 1. The van der Waals surface area contributed by atoms with Gasteiger partial charge in [0.1, 0.15) is 0 Å². The first kappa shape index (κ1) is 22.2. The Hall–Kier alpha value is -1.63. The number of hydrogen-bond acceptors (Lipinski definition) is 4. The van der Waals surface area contributed by atoms with Crippen LogP contribution in [-0.2, 0) is 11.3 Å². The molecule has 4 heterocycles. The molecule has 4 atom stereocenters. The van der Waals surface area contributed by atoms with E-state index in [0.29, 0.717) is 12.1 Å². The van der Waals surface area contributed by atoms with Crippen molar-refractivity contribution in [3.8, 4) is 0 Å². The minimum Gasteiger partial charge on any atom is -0.373 e. The molecule has 0 aromatic heterocycles. The Morgan fingerprint density at radius 3 is 2.81 bits per heavy atom. The van der Waals surface area contributed by atoms with Crippen LogP contribution < -0.4 is 5.32 Å². The minimum absolute atomic E-state index is 0.242. The van der Waals surface area contributed by atoms with E-state index in [2.05, 4.69) is 57.3 Å². The fourth-order valence-electron chi connectivity index (χ4n) is 6.32. The Morgan fingerprint density at radius 1 is 1.06 bits per heavy atom. The first-order valence-corrected chi connectivity index (χ1v) is 13.0. The van der Waals surface area contributed by atoms with Crippen LogP contribution in [0, 0.1) is 5.92 Å². The summed E-state index contributed by atoms with van der Waals surface area (Å²) in [4.78, 5) is 13.0. The Morgan fingerprint density at radius 2 is 1.94 bits per heavy atom. The van der Waals surface area contributed by atoms with Crippen molar-refractivity contribution in [3.63, 3.8) is 0 Å². The number of hydrogen-bond donors (Lipinski definition) is 1. The SMILES string of the molecule is CCNC(=NCC1CN2CCCC2CO1)N1CCC2C(CCCN2Cc2ccccc2)C1. The van der Waals surface area contributed by atoms with Crippen LogP contribution in [0.4, 0.5) is 0 Å². The van der Waals surface area contributed by atoms with E-state index in [9.17, 15) is 0 Å². The number of rotatable bonds is 5. The largest absolute Gasteiger partial charge is 0.373 e. The van der Waals surface area contributed by atoms with Gasteiger partial charge >= 0.3 is 0 Å². The highest BCUT2D eigenvalue weighted by molar-refractivity contribution is 5.80. The van der Waals surface area contributed by atoms with Crippen LogP contribution in [0.1, 0.15) is 44.6 Å². The molecule has 0 spiro atoms. The van der Waals surface area contributed by atoms with Crippen molar-refractivity contribution in [3.05, 3.63) is 35.9 Å². The van der Waals surface area contributed by atoms with Crippen molar-refractivity contribution in [2.75, 3.05) is 52.4 Å². The lowest BCUT2D eigenvalue weighted by Gasteiger charge is -2.48. The van der Waals surface area contributed by atoms with Gasteiger partial charge in [0.05, 0.1) is 19.3 Å². The fraction of sp³-hybridized carbons (Fsp3) is 0.731. The Kier molecular flexibility index (Phi) is 7.30. The summed E-state index contributed by atoms with van der Waals surface area (Å²) in [6.07, 6.45) is 6.75. The van der Waals surface area contributed by atoms with Crippen molar-refractivity contribution in [2.24, 2.45) is 10.9 Å². The zero-order chi connectivity index (χ0) is 21.8. The van der Waals surface area contributed by atoms with E-state index in [1.165, 1.54) is 50.8 Å². The fourth-order valence-corrected chi connectivity index (χ4v) is 6.32. The topological polar surface area (TPSA) is 43.3 Å². The summed E-state index contributed by atoms with van der Waals surface area (Å²) in [6, 6.07) is 12.4. The zero-order valence-electron chi connectivity index (χ0n) is 19.8. The van der Waals surface area contributed by atoms with E-state index in [1.807, 2.05) is 0 Å². The molecule has 0 bridgehead atoms. The third-order valence-corrected chi connectivity index (χ3v) is 7.95. The predicted molar refractivity (Wildman–Crippen MR) is 130 cm³/mol. The maximum absolute atomic E-state index is 6.16. The minimum atomic E-state index is 0.242. The van der Waals surface area contributed by atoms with Gasteiger partial charge in [-0.2, -0.15) is 0 Å². The van der Waals surface area contributed by atoms with Crippen LogP contribution in [0.25, 0.3) is 0 Å². The van der Waals surface area contributed by atoms with Gasteiger partial charge in [-0.1, -0.05) is 30.3 Å². The maximum atomic E-state index is 6.16. The lowest BCUT2D eigenvalue weighted by atomic mass is 9.83. The van der Waals surface area contributed by atoms with E-state index < -0.39 is 0 Å². The van der Waals surface area contributed by atoms with Gasteiger partial charge in [-0.3, -0.25) is 14.8 Å². The Balaban J connectivity index is 1.19. The molecule has 0 radical (unpaired) electrons. The number of ether oxygens (including phenoxy) is 1. The van der Waals surface area contributed by atoms with Crippen molar-refractivity contribution >= 4 is 5.96 Å². The number of nitrogens with one attached hydrogen (secondary N) is 1. The summed E-state index contributed by atoms with van der Waals surface area (Å²) in [7, 11) is 0. The Labute approximate surface area is 194 Å². The summed E-state index contributed by atoms with van der Waals surface area (Å²) in [5.41, 5.74) is 1.44. The second kappa shape index (κ2) is 10.5. The van der Waals surface area contributed by atoms with Gasteiger partial charge in [0.15, 0.2) is 5.96 Å². The van der Waals surface area contributed by atoms with E-state index in [1.54, 1.807) is 0 Å². The van der Waals surface area contributed by atoms with Gasteiger partial charge in [0.25, 0.3) is 0 Å². The molecule has 6 heteroatoms. The van der Waals surface area contributed by atoms with Crippen LogP contribution in [-0.4, -0.2) is 91.3 Å². The molecule has 0 saturated carbocycles. The first-order valence-electron chi connectivity index (χ1n) is 13.0. The molecule has 4 saturated heterocycles. The van der Waals surface area contributed by atoms with Crippen LogP contribution in [0.2, 0.25) is 0 Å². The first-order chi connectivity index (χ1) is 15.8. The molecule has 176 valence electrons. The van der Waals surface area contributed by atoms with E-state index in [4.69, 9.17) is 9.73 Å². The molecule has 4 fully saturated rings. The molecule has 0 aliphatic carbocycles. The van der Waals surface area contributed by atoms with Crippen molar-refractivity contribution in [1.29, 1.82) is 0 Å². The summed E-state index contributed by atoms with van der Waals surface area (Å²) in [5, 5.41) is 3.58. The lowest BCUT2D eigenvalue weighted by Crippen LogP contribution is -2.57. The van der Waals surface area contributed by atoms with Gasteiger partial charge in [0.2, 0.25) is 0 Å². The molecule has 4 aliphatic rings. The highest BCUT2D eigenvalue weighted by atomic mass is 16.5. The van der Waals surface area contributed by atoms with E-state index in [-0.39, 0.29) is 6.10 Å². The second-order valence-corrected chi connectivity index (χ2v) is 10.1. The molecular weight excluding hydrogens is 398 g/mol. The van der Waals surface area contributed by atoms with Crippen molar-refractivity contribution < 1.29 is 4.74 Å². The summed E-state index contributed by atoms with van der Waals surface area (Å²) >= 11 is 0. The average Bonchev–Trinajstić information content (AvgIpc) is 3.30. The third kappa shape index (κ3) is 5.13. The molecule has 4 unspecified atom stereocenters. The van der Waals surface area contributed by atoms with Crippen LogP contribution in [0.15, 0.2) is 35.3 Å². The predicted octanol–water partition coefficient (Wildman–Crippen LogP) is 2.80. The second-order valence-electron chi connectivity index (χ2n) is 10.1. The molecule has 6 nitrogen and oxygen atoms in total. The smallest absolute Gasteiger partial charge is 0.194 e. The zero-order valence-corrected chi connectivity index (χ0v) is 19.8. The van der Waals surface area contributed by atoms with E-state index >= 15 is 0 Å². The molecular formula is C26H41N5O. The molecule has 32 heavy (non-hydrogen) atoms. The van der Waals surface area contributed by atoms with Crippen LogP contribution in [0.5, 0.6) is 0 Å². The van der Waals surface area contributed by atoms with Crippen LogP contribution >= 0.6 is 0 Å². The maximum Gasteiger partial charge on any atom is 0.194 e. The lowest BCUT2D eigenvalue weighted by molar-refractivity contribution is -0.0433.